The van der Waals surface area contributed by atoms with Crippen LogP contribution >= 0.6 is 0 Å². The van der Waals surface area contributed by atoms with Crippen LogP contribution in [0.5, 0.6) is 0 Å². The van der Waals surface area contributed by atoms with Gasteiger partial charge in [-0.05, 0) is 30.2 Å². The molecule has 0 aliphatic heterocycles. The van der Waals surface area contributed by atoms with Gasteiger partial charge >= 0.3 is 0 Å². The van der Waals surface area contributed by atoms with Crippen LogP contribution in [0, 0.1) is 0 Å². The Morgan fingerprint density at radius 3 is 2.84 bits per heavy atom. The predicted octanol–water partition coefficient (Wildman–Crippen LogP) is 1.30. The summed E-state index contributed by atoms with van der Waals surface area (Å²) >= 11 is 0. The normalized spacial score (nSPS) is 10.8. The van der Waals surface area contributed by atoms with E-state index in [-0.39, 0.29) is 18.3 Å². The van der Waals surface area contributed by atoms with Crippen LogP contribution in [0.25, 0.3) is 0 Å². The lowest BCUT2D eigenvalue weighted by Gasteiger charge is -2.04. The summed E-state index contributed by atoms with van der Waals surface area (Å²) in [5.74, 6) is 0.495. The molecule has 0 bridgehead atoms. The number of aliphatic hydroxyl groups is 1. The fourth-order valence-corrected chi connectivity index (χ4v) is 2.26. The first-order valence-electron chi connectivity index (χ1n) is 7.98. The largest absolute Gasteiger partial charge is 0.454 e. The molecule has 0 unspecified atom stereocenters. The van der Waals surface area contributed by atoms with Crippen molar-refractivity contribution < 1.29 is 14.3 Å². The van der Waals surface area contributed by atoms with Gasteiger partial charge in [-0.1, -0.05) is 18.2 Å². The standard InChI is InChI=1S/C17H19N5O3/c1-2-12-3-4-13(18-7-12)8-19-17(24)16-6-5-15(25-16)10-22-9-14(11-23)20-21-22/h3-7,9,23H,2,8,10-11H2,1H3,(H,19,24). The van der Waals surface area contributed by atoms with Gasteiger partial charge in [0.2, 0.25) is 0 Å². The van der Waals surface area contributed by atoms with E-state index in [1.54, 1.807) is 18.3 Å². The summed E-state index contributed by atoms with van der Waals surface area (Å²) in [5, 5.41) is 19.4. The van der Waals surface area contributed by atoms with E-state index in [9.17, 15) is 4.79 Å². The number of carbonyl (C=O) groups excluding carboxylic acids is 1. The molecule has 130 valence electrons. The number of aliphatic hydroxyl groups excluding tert-OH is 1. The van der Waals surface area contributed by atoms with Crippen LogP contribution in [0.3, 0.4) is 0 Å². The first-order chi connectivity index (χ1) is 12.2. The number of furan rings is 1. The van der Waals surface area contributed by atoms with Gasteiger partial charge in [0.25, 0.3) is 5.91 Å². The van der Waals surface area contributed by atoms with Gasteiger partial charge in [-0.2, -0.15) is 0 Å². The van der Waals surface area contributed by atoms with E-state index >= 15 is 0 Å². The first kappa shape index (κ1) is 16.8. The highest BCUT2D eigenvalue weighted by atomic mass is 16.4. The molecule has 0 spiro atoms. The highest BCUT2D eigenvalue weighted by Crippen LogP contribution is 2.10. The van der Waals surface area contributed by atoms with Crippen LogP contribution in [-0.2, 0) is 26.1 Å². The van der Waals surface area contributed by atoms with Crippen molar-refractivity contribution in [2.45, 2.75) is 33.0 Å². The number of rotatable bonds is 7. The summed E-state index contributed by atoms with van der Waals surface area (Å²) in [6.07, 6.45) is 4.36. The third kappa shape index (κ3) is 4.30. The SMILES string of the molecule is CCc1ccc(CNC(=O)c2ccc(Cn3cc(CO)nn3)o2)nc1. The molecular formula is C17H19N5O3. The number of amides is 1. The summed E-state index contributed by atoms with van der Waals surface area (Å²) in [7, 11) is 0. The number of aryl methyl sites for hydroxylation is 1. The lowest BCUT2D eigenvalue weighted by molar-refractivity contribution is 0.0920. The summed E-state index contributed by atoms with van der Waals surface area (Å²) < 4.78 is 7.07. The first-order valence-corrected chi connectivity index (χ1v) is 7.98. The molecule has 3 heterocycles. The van der Waals surface area contributed by atoms with Gasteiger partial charge < -0.3 is 14.8 Å². The average Bonchev–Trinajstić information content (AvgIpc) is 3.30. The van der Waals surface area contributed by atoms with Crippen molar-refractivity contribution in [1.29, 1.82) is 0 Å². The molecule has 0 aliphatic carbocycles. The molecule has 0 saturated carbocycles. The van der Waals surface area contributed by atoms with Gasteiger partial charge in [-0.3, -0.25) is 9.78 Å². The van der Waals surface area contributed by atoms with Gasteiger partial charge in [0.1, 0.15) is 18.0 Å². The van der Waals surface area contributed by atoms with E-state index < -0.39 is 0 Å². The Bertz CT molecular complexity index is 838. The van der Waals surface area contributed by atoms with E-state index in [0.717, 1.165) is 17.7 Å². The molecule has 0 radical (unpaired) electrons. The summed E-state index contributed by atoms with van der Waals surface area (Å²) in [5.41, 5.74) is 2.42. The molecule has 1 amide bonds. The Morgan fingerprint density at radius 1 is 1.28 bits per heavy atom. The van der Waals surface area contributed by atoms with Crippen LogP contribution in [0.1, 0.15) is 40.2 Å². The number of hydrogen-bond acceptors (Lipinski definition) is 6. The molecule has 0 atom stereocenters. The number of pyridine rings is 1. The minimum atomic E-state index is -0.303. The van der Waals surface area contributed by atoms with E-state index in [4.69, 9.17) is 9.52 Å². The van der Waals surface area contributed by atoms with Crippen molar-refractivity contribution in [1.82, 2.24) is 25.3 Å². The molecule has 3 aromatic heterocycles. The van der Waals surface area contributed by atoms with E-state index in [1.807, 2.05) is 18.3 Å². The summed E-state index contributed by atoms with van der Waals surface area (Å²) in [6.45, 7) is 2.57. The van der Waals surface area contributed by atoms with Crippen molar-refractivity contribution in [2.75, 3.05) is 0 Å². The Morgan fingerprint density at radius 2 is 2.16 bits per heavy atom. The number of nitrogens with one attached hydrogen (secondary N) is 1. The maximum absolute atomic E-state index is 12.2. The molecule has 0 aromatic carbocycles. The minimum absolute atomic E-state index is 0.168. The van der Waals surface area contributed by atoms with E-state index in [1.165, 1.54) is 4.68 Å². The fraction of sp³-hybridized carbons (Fsp3) is 0.294. The zero-order chi connectivity index (χ0) is 17.6. The van der Waals surface area contributed by atoms with Crippen LogP contribution in [0.2, 0.25) is 0 Å². The maximum Gasteiger partial charge on any atom is 0.287 e. The Hall–Kier alpha value is -3.00. The van der Waals surface area contributed by atoms with Crippen molar-refractivity contribution in [2.24, 2.45) is 0 Å². The van der Waals surface area contributed by atoms with Crippen LogP contribution < -0.4 is 5.32 Å². The number of aromatic nitrogens is 4. The number of nitrogens with zero attached hydrogens (tertiary/aromatic N) is 4. The van der Waals surface area contributed by atoms with Gasteiger partial charge in [-0.15, -0.1) is 5.10 Å². The summed E-state index contributed by atoms with van der Waals surface area (Å²) in [6, 6.07) is 7.22. The van der Waals surface area contributed by atoms with Crippen LogP contribution in [-0.4, -0.2) is 31.0 Å². The molecule has 25 heavy (non-hydrogen) atoms. The highest BCUT2D eigenvalue weighted by molar-refractivity contribution is 5.91. The van der Waals surface area contributed by atoms with E-state index in [2.05, 4.69) is 27.5 Å². The van der Waals surface area contributed by atoms with Gasteiger partial charge in [0.05, 0.1) is 25.0 Å². The van der Waals surface area contributed by atoms with Crippen LogP contribution in [0.15, 0.2) is 41.1 Å². The van der Waals surface area contributed by atoms with Gasteiger partial charge in [-0.25, -0.2) is 4.68 Å². The Kier molecular flexibility index (Phi) is 5.20. The zero-order valence-corrected chi connectivity index (χ0v) is 13.8. The van der Waals surface area contributed by atoms with Crippen molar-refractivity contribution in [3.63, 3.8) is 0 Å². The molecule has 0 aliphatic rings. The fourth-order valence-electron chi connectivity index (χ4n) is 2.26. The number of hydrogen-bond donors (Lipinski definition) is 2. The second-order valence-corrected chi connectivity index (χ2v) is 5.53. The second kappa shape index (κ2) is 7.71. The number of carbonyl (C=O) groups is 1. The topological polar surface area (TPSA) is 106 Å². The third-order valence-electron chi connectivity index (χ3n) is 3.68. The van der Waals surface area contributed by atoms with Crippen molar-refractivity contribution in [3.8, 4) is 0 Å². The Balaban J connectivity index is 1.56. The molecule has 8 nitrogen and oxygen atoms in total. The lowest BCUT2D eigenvalue weighted by atomic mass is 10.2. The molecule has 0 fully saturated rings. The molecule has 0 saturated heterocycles. The second-order valence-electron chi connectivity index (χ2n) is 5.53. The van der Waals surface area contributed by atoms with E-state index in [0.29, 0.717) is 24.5 Å². The molecule has 3 rings (SSSR count). The lowest BCUT2D eigenvalue weighted by Crippen LogP contribution is -2.22. The molecule has 8 heteroatoms. The molecular weight excluding hydrogens is 322 g/mol. The van der Waals surface area contributed by atoms with Crippen molar-refractivity contribution in [3.05, 3.63) is 65.1 Å². The predicted molar refractivity (Wildman–Crippen MR) is 88.5 cm³/mol. The zero-order valence-electron chi connectivity index (χ0n) is 13.8. The molecule has 3 aromatic rings. The molecule has 2 N–H and O–H groups in total. The monoisotopic (exact) mass is 341 g/mol. The smallest absolute Gasteiger partial charge is 0.287 e. The van der Waals surface area contributed by atoms with Gasteiger partial charge in [0, 0.05) is 6.20 Å². The van der Waals surface area contributed by atoms with Crippen molar-refractivity contribution >= 4 is 5.91 Å². The highest BCUT2D eigenvalue weighted by Gasteiger charge is 2.12. The quantitative estimate of drug-likeness (QED) is 0.671. The average molecular weight is 341 g/mol. The maximum atomic E-state index is 12.2. The Labute approximate surface area is 144 Å². The minimum Gasteiger partial charge on any atom is -0.454 e. The third-order valence-corrected chi connectivity index (χ3v) is 3.68. The summed E-state index contributed by atoms with van der Waals surface area (Å²) in [4.78, 5) is 16.5. The van der Waals surface area contributed by atoms with Crippen LogP contribution in [0.4, 0.5) is 0 Å². The van der Waals surface area contributed by atoms with Gasteiger partial charge in [0.15, 0.2) is 5.76 Å².